The Balaban J connectivity index is 1.82. The zero-order valence-electron chi connectivity index (χ0n) is 19.5. The Morgan fingerprint density at radius 1 is 1.12 bits per heavy atom. The first kappa shape index (κ1) is 26.6. The van der Waals surface area contributed by atoms with E-state index >= 15 is 0 Å². The highest BCUT2D eigenvalue weighted by molar-refractivity contribution is 7.89. The molecule has 1 heterocycles. The third-order valence-electron chi connectivity index (χ3n) is 5.03. The van der Waals surface area contributed by atoms with Gasteiger partial charge in [0.15, 0.2) is 6.61 Å². The number of carbonyl (C=O) groups excluding carboxylic acids is 2. The molecule has 0 aliphatic heterocycles. The summed E-state index contributed by atoms with van der Waals surface area (Å²) in [5.41, 5.74) is 2.27. The van der Waals surface area contributed by atoms with Crippen LogP contribution in [-0.2, 0) is 30.8 Å². The number of ketones is 1. The predicted molar refractivity (Wildman–Crippen MR) is 123 cm³/mol. The van der Waals surface area contributed by atoms with E-state index < -0.39 is 22.6 Å². The Kier molecular flexibility index (Phi) is 10.1. The molecular formula is C23H32N2O7S. The topological polar surface area (TPSA) is 113 Å². The van der Waals surface area contributed by atoms with Crippen LogP contribution < -0.4 is 9.46 Å². The number of aromatic nitrogens is 1. The van der Waals surface area contributed by atoms with Crippen LogP contribution in [0.5, 0.6) is 5.75 Å². The Morgan fingerprint density at radius 3 is 2.45 bits per heavy atom. The van der Waals surface area contributed by atoms with Crippen molar-refractivity contribution in [3.63, 3.8) is 0 Å². The van der Waals surface area contributed by atoms with Gasteiger partial charge in [0.25, 0.3) is 0 Å². The molecule has 9 nitrogen and oxygen atoms in total. The van der Waals surface area contributed by atoms with E-state index in [9.17, 15) is 18.0 Å². The lowest BCUT2D eigenvalue weighted by atomic mass is 10.1. The van der Waals surface area contributed by atoms with Crippen LogP contribution in [-0.4, -0.2) is 58.2 Å². The van der Waals surface area contributed by atoms with Gasteiger partial charge in [0.1, 0.15) is 5.75 Å². The molecule has 1 aromatic heterocycles. The fourth-order valence-corrected chi connectivity index (χ4v) is 4.37. The Bertz CT molecular complexity index is 1040. The summed E-state index contributed by atoms with van der Waals surface area (Å²) in [5.74, 6) is -0.392. The summed E-state index contributed by atoms with van der Waals surface area (Å²) in [7, 11) is -2.13. The van der Waals surface area contributed by atoms with Crippen LogP contribution in [0.25, 0.3) is 0 Å². The van der Waals surface area contributed by atoms with E-state index in [1.807, 2.05) is 25.3 Å². The van der Waals surface area contributed by atoms with Crippen molar-refractivity contribution in [2.24, 2.45) is 0 Å². The third kappa shape index (κ3) is 7.69. The largest absolute Gasteiger partial charge is 0.494 e. The van der Waals surface area contributed by atoms with E-state index in [1.165, 1.54) is 12.1 Å². The van der Waals surface area contributed by atoms with Gasteiger partial charge in [-0.25, -0.2) is 13.1 Å². The molecule has 1 aromatic carbocycles. The molecule has 0 aliphatic rings. The van der Waals surface area contributed by atoms with E-state index in [0.29, 0.717) is 24.5 Å². The number of rotatable bonds is 14. The maximum absolute atomic E-state index is 12.5. The first-order valence-electron chi connectivity index (χ1n) is 10.8. The molecule has 0 aliphatic carbocycles. The first-order valence-corrected chi connectivity index (χ1v) is 12.2. The van der Waals surface area contributed by atoms with Gasteiger partial charge in [-0.15, -0.1) is 0 Å². The molecule has 0 spiro atoms. The fraction of sp³-hybridized carbons (Fsp3) is 0.478. The van der Waals surface area contributed by atoms with Crippen LogP contribution in [0, 0.1) is 13.8 Å². The summed E-state index contributed by atoms with van der Waals surface area (Å²) in [6.45, 7) is 6.90. The normalized spacial score (nSPS) is 11.4. The van der Waals surface area contributed by atoms with Gasteiger partial charge in [-0.3, -0.25) is 9.59 Å². The lowest BCUT2D eigenvalue weighted by molar-refractivity contribution is -0.142. The molecule has 0 saturated carbocycles. The van der Waals surface area contributed by atoms with E-state index in [1.54, 1.807) is 25.3 Å². The Labute approximate surface area is 195 Å². The number of carbonyl (C=O) groups is 2. The molecule has 0 radical (unpaired) electrons. The van der Waals surface area contributed by atoms with Crippen molar-refractivity contribution in [3.8, 4) is 5.75 Å². The van der Waals surface area contributed by atoms with Gasteiger partial charge in [0, 0.05) is 43.8 Å². The lowest BCUT2D eigenvalue weighted by Gasteiger charge is -2.10. The molecule has 10 heteroatoms. The number of nitrogens with one attached hydrogen (secondary N) is 1. The van der Waals surface area contributed by atoms with Crippen LogP contribution >= 0.6 is 0 Å². The van der Waals surface area contributed by atoms with Crippen LogP contribution in [0.4, 0.5) is 0 Å². The SMILES string of the molecule is CCOc1ccc(S(=O)(=O)NCCC(=O)OCC(=O)c2cc(C)n(CCCOC)c2C)cc1. The molecule has 0 unspecified atom stereocenters. The van der Waals surface area contributed by atoms with Gasteiger partial charge >= 0.3 is 5.97 Å². The predicted octanol–water partition coefficient (Wildman–Crippen LogP) is 2.63. The number of esters is 1. The molecule has 0 saturated heterocycles. The highest BCUT2D eigenvalue weighted by Crippen LogP contribution is 2.17. The quantitative estimate of drug-likeness (QED) is 0.251. The molecule has 0 fully saturated rings. The van der Waals surface area contributed by atoms with Crippen molar-refractivity contribution in [1.29, 1.82) is 0 Å². The van der Waals surface area contributed by atoms with Crippen molar-refractivity contribution >= 4 is 21.8 Å². The summed E-state index contributed by atoms with van der Waals surface area (Å²) >= 11 is 0. The summed E-state index contributed by atoms with van der Waals surface area (Å²) in [5, 5.41) is 0. The average molecular weight is 481 g/mol. The first-order chi connectivity index (χ1) is 15.7. The highest BCUT2D eigenvalue weighted by atomic mass is 32.2. The van der Waals surface area contributed by atoms with Gasteiger partial charge in [-0.1, -0.05) is 0 Å². The molecule has 182 valence electrons. The number of hydrogen-bond donors (Lipinski definition) is 1. The molecule has 0 atom stereocenters. The molecule has 2 aromatic rings. The molecule has 0 bridgehead atoms. The van der Waals surface area contributed by atoms with Gasteiger partial charge in [-0.2, -0.15) is 0 Å². The summed E-state index contributed by atoms with van der Waals surface area (Å²) in [6, 6.07) is 7.76. The van der Waals surface area contributed by atoms with Crippen molar-refractivity contribution in [1.82, 2.24) is 9.29 Å². The molecule has 33 heavy (non-hydrogen) atoms. The minimum Gasteiger partial charge on any atom is -0.494 e. The maximum atomic E-state index is 12.5. The van der Waals surface area contributed by atoms with Crippen LogP contribution in [0.2, 0.25) is 0 Å². The standard InChI is InChI=1S/C23H32N2O7S/c1-5-31-19-7-9-20(10-8-19)33(28,29)24-12-11-23(27)32-16-22(26)21-15-17(2)25(18(21)3)13-6-14-30-4/h7-10,15,24H,5-6,11-14,16H2,1-4H3. The number of ether oxygens (including phenoxy) is 3. The summed E-state index contributed by atoms with van der Waals surface area (Å²) in [4.78, 5) is 24.6. The van der Waals surface area contributed by atoms with E-state index in [0.717, 1.165) is 24.4 Å². The molecular weight excluding hydrogens is 448 g/mol. The number of nitrogens with zero attached hydrogens (tertiary/aromatic N) is 1. The van der Waals surface area contributed by atoms with Gasteiger partial charge in [-0.05, 0) is 57.5 Å². The Morgan fingerprint density at radius 2 is 1.82 bits per heavy atom. The van der Waals surface area contributed by atoms with Crippen LogP contribution in [0.3, 0.4) is 0 Å². The lowest BCUT2D eigenvalue weighted by Crippen LogP contribution is -2.27. The molecule has 0 amide bonds. The van der Waals surface area contributed by atoms with Crippen LogP contribution in [0.15, 0.2) is 35.2 Å². The molecule has 2 rings (SSSR count). The van der Waals surface area contributed by atoms with Gasteiger partial charge in [0.05, 0.1) is 17.9 Å². The number of Topliss-reactive ketones (excluding diaryl/α,β-unsaturated/α-hetero) is 1. The van der Waals surface area contributed by atoms with Crippen molar-refractivity contribution in [2.75, 3.05) is 33.5 Å². The Hall–Kier alpha value is -2.69. The fourth-order valence-electron chi connectivity index (χ4n) is 3.34. The smallest absolute Gasteiger partial charge is 0.307 e. The minimum atomic E-state index is -3.77. The number of aryl methyl sites for hydroxylation is 1. The van der Waals surface area contributed by atoms with Crippen molar-refractivity contribution in [2.45, 2.75) is 45.1 Å². The second-order valence-electron chi connectivity index (χ2n) is 7.42. The van der Waals surface area contributed by atoms with Gasteiger partial charge in [0.2, 0.25) is 15.8 Å². The maximum Gasteiger partial charge on any atom is 0.307 e. The van der Waals surface area contributed by atoms with E-state index in [4.69, 9.17) is 14.2 Å². The second kappa shape index (κ2) is 12.5. The number of benzene rings is 1. The minimum absolute atomic E-state index is 0.0651. The van der Waals surface area contributed by atoms with Gasteiger partial charge < -0.3 is 18.8 Å². The third-order valence-corrected chi connectivity index (χ3v) is 6.51. The van der Waals surface area contributed by atoms with Crippen molar-refractivity contribution < 1.29 is 32.2 Å². The number of sulfonamides is 1. The second-order valence-corrected chi connectivity index (χ2v) is 9.19. The summed E-state index contributed by atoms with van der Waals surface area (Å²) in [6.07, 6.45) is 0.627. The highest BCUT2D eigenvalue weighted by Gasteiger charge is 2.18. The van der Waals surface area contributed by atoms with E-state index in [2.05, 4.69) is 4.72 Å². The molecule has 1 N–H and O–H groups in total. The van der Waals surface area contributed by atoms with Crippen LogP contribution in [0.1, 0.15) is 41.5 Å². The average Bonchev–Trinajstić information content (AvgIpc) is 3.06. The van der Waals surface area contributed by atoms with Crippen molar-refractivity contribution in [3.05, 3.63) is 47.3 Å². The van der Waals surface area contributed by atoms with E-state index in [-0.39, 0.29) is 23.6 Å². The zero-order valence-corrected chi connectivity index (χ0v) is 20.4. The summed E-state index contributed by atoms with van der Waals surface area (Å²) < 4.78 is 44.5. The zero-order chi connectivity index (χ0) is 24.4. The monoisotopic (exact) mass is 480 g/mol. The number of methoxy groups -OCH3 is 1. The number of hydrogen-bond acceptors (Lipinski definition) is 7.